The smallest absolute Gasteiger partial charge is 0.326 e. The molecule has 0 amide bonds. The van der Waals surface area contributed by atoms with Crippen LogP contribution in [-0.2, 0) is 0 Å². The number of alkyl halides is 3. The average molecular weight is 259 g/mol. The summed E-state index contributed by atoms with van der Waals surface area (Å²) in [6.45, 7) is 3.40. The molecular weight excluding hydrogens is 247 g/mol. The van der Waals surface area contributed by atoms with Gasteiger partial charge in [0, 0.05) is 12.1 Å². The van der Waals surface area contributed by atoms with Gasteiger partial charge in [-0.25, -0.2) is 0 Å². The molecule has 1 aliphatic rings. The molecule has 0 saturated heterocycles. The molecule has 98 valence electrons. The molecule has 0 aromatic carbocycles. The molecule has 0 aliphatic carbocycles. The average Bonchev–Trinajstić information content (AvgIpc) is 2.64. The first kappa shape index (κ1) is 12.7. The van der Waals surface area contributed by atoms with Gasteiger partial charge in [0.2, 0.25) is 0 Å². The Balaban J connectivity index is 2.34. The summed E-state index contributed by atoms with van der Waals surface area (Å²) in [5.74, 6) is 0. The topological polar surface area (TPSA) is 57.2 Å². The minimum atomic E-state index is -4.36. The van der Waals surface area contributed by atoms with Crippen molar-refractivity contribution in [3.8, 4) is 0 Å². The van der Waals surface area contributed by atoms with E-state index in [4.69, 9.17) is 0 Å². The molecule has 7 heteroatoms. The predicted molar refractivity (Wildman–Crippen MR) is 60.7 cm³/mol. The lowest BCUT2D eigenvalue weighted by atomic mass is 10.0. The summed E-state index contributed by atoms with van der Waals surface area (Å²) in [4.78, 5) is 14.3. The van der Waals surface area contributed by atoms with Gasteiger partial charge >= 0.3 is 6.18 Å². The summed E-state index contributed by atoms with van der Waals surface area (Å²) in [6, 6.07) is -0.00668. The van der Waals surface area contributed by atoms with Crippen molar-refractivity contribution in [1.29, 1.82) is 0 Å². The molecule has 0 bridgehead atoms. The molecule has 2 heterocycles. The quantitative estimate of drug-likeness (QED) is 0.805. The summed E-state index contributed by atoms with van der Waals surface area (Å²) in [7, 11) is 0. The van der Waals surface area contributed by atoms with Gasteiger partial charge in [0.1, 0.15) is 6.04 Å². The third kappa shape index (κ3) is 2.25. The first-order valence-electron chi connectivity index (χ1n) is 5.38. The summed E-state index contributed by atoms with van der Waals surface area (Å²) < 4.78 is 37.5. The molecule has 4 nitrogen and oxygen atoms in total. The monoisotopic (exact) mass is 259 g/mol. The minimum Gasteiger partial charge on any atom is -0.326 e. The van der Waals surface area contributed by atoms with Gasteiger partial charge in [-0.05, 0) is 25.5 Å². The van der Waals surface area contributed by atoms with Gasteiger partial charge < -0.3 is 4.98 Å². The second-order valence-corrected chi connectivity index (χ2v) is 4.33. The van der Waals surface area contributed by atoms with Crippen LogP contribution in [0.5, 0.6) is 0 Å². The number of pyridine rings is 1. The van der Waals surface area contributed by atoms with Crippen molar-refractivity contribution in [2.45, 2.75) is 32.5 Å². The van der Waals surface area contributed by atoms with Crippen LogP contribution in [0.15, 0.2) is 16.0 Å². The van der Waals surface area contributed by atoms with Crippen molar-refractivity contribution in [3.63, 3.8) is 0 Å². The third-order valence-corrected chi connectivity index (χ3v) is 2.80. The molecular formula is C11H12F3N3O. The Hall–Kier alpha value is -1.79. The highest BCUT2D eigenvalue weighted by atomic mass is 19.4. The fourth-order valence-corrected chi connectivity index (χ4v) is 2.00. The van der Waals surface area contributed by atoms with Crippen LogP contribution in [0.4, 0.5) is 13.2 Å². The van der Waals surface area contributed by atoms with E-state index >= 15 is 0 Å². The molecule has 0 spiro atoms. The summed E-state index contributed by atoms with van der Waals surface area (Å²) in [6.07, 6.45) is -4.69. The second kappa shape index (κ2) is 4.15. The number of aryl methyl sites for hydroxylation is 2. The van der Waals surface area contributed by atoms with Crippen LogP contribution in [0.25, 0.3) is 0 Å². The van der Waals surface area contributed by atoms with E-state index in [-0.39, 0.29) is 17.7 Å². The van der Waals surface area contributed by atoms with Crippen LogP contribution in [0.2, 0.25) is 0 Å². The lowest BCUT2D eigenvalue weighted by Crippen LogP contribution is -2.36. The van der Waals surface area contributed by atoms with E-state index < -0.39 is 17.8 Å². The third-order valence-electron chi connectivity index (χ3n) is 2.80. The Morgan fingerprint density at radius 1 is 1.39 bits per heavy atom. The van der Waals surface area contributed by atoms with Gasteiger partial charge in [0.15, 0.2) is 0 Å². The Labute approximate surface area is 101 Å². The van der Waals surface area contributed by atoms with E-state index in [1.165, 1.54) is 0 Å². The van der Waals surface area contributed by atoms with Crippen LogP contribution in [0, 0.1) is 13.8 Å². The first-order valence-corrected chi connectivity index (χ1v) is 5.38. The van der Waals surface area contributed by atoms with Gasteiger partial charge in [-0.3, -0.25) is 10.2 Å². The molecule has 1 aliphatic heterocycles. The number of halogens is 3. The number of aromatic nitrogens is 1. The number of nitrogens with one attached hydrogen (secondary N) is 2. The molecule has 0 saturated carbocycles. The van der Waals surface area contributed by atoms with Gasteiger partial charge in [0.25, 0.3) is 5.56 Å². The van der Waals surface area contributed by atoms with Gasteiger partial charge in [0.05, 0.1) is 11.3 Å². The zero-order chi connectivity index (χ0) is 13.5. The number of aromatic amines is 1. The van der Waals surface area contributed by atoms with Crippen LogP contribution in [-0.4, -0.2) is 22.9 Å². The van der Waals surface area contributed by atoms with Crippen LogP contribution >= 0.6 is 0 Å². The fraction of sp³-hybridized carbons (Fsp3) is 0.455. The maximum absolute atomic E-state index is 12.5. The van der Waals surface area contributed by atoms with Crippen molar-refractivity contribution in [3.05, 3.63) is 33.2 Å². The molecule has 0 fully saturated rings. The lowest BCUT2D eigenvalue weighted by molar-refractivity contribution is -0.151. The highest BCUT2D eigenvalue weighted by molar-refractivity contribution is 6.02. The predicted octanol–water partition coefficient (Wildman–Crippen LogP) is 1.62. The highest BCUT2D eigenvalue weighted by Gasteiger charge is 2.43. The number of rotatable bonds is 1. The number of hydrogen-bond acceptors (Lipinski definition) is 3. The van der Waals surface area contributed by atoms with Crippen molar-refractivity contribution in [1.82, 2.24) is 10.4 Å². The van der Waals surface area contributed by atoms with E-state index in [1.54, 1.807) is 19.9 Å². The highest BCUT2D eigenvalue weighted by Crippen LogP contribution is 2.26. The number of hydrazone groups is 1. The summed E-state index contributed by atoms with van der Waals surface area (Å²) >= 11 is 0. The van der Waals surface area contributed by atoms with Crippen molar-refractivity contribution >= 4 is 5.71 Å². The van der Waals surface area contributed by atoms with E-state index in [0.29, 0.717) is 11.3 Å². The lowest BCUT2D eigenvalue weighted by Gasteiger charge is -2.13. The Kier molecular flexibility index (Phi) is 2.92. The van der Waals surface area contributed by atoms with Crippen molar-refractivity contribution in [2.75, 3.05) is 0 Å². The van der Waals surface area contributed by atoms with E-state index in [0.717, 1.165) is 0 Å². The minimum absolute atomic E-state index is 0.149. The number of H-pyrrole nitrogens is 1. The summed E-state index contributed by atoms with van der Waals surface area (Å²) in [5, 5.41) is 3.63. The maximum atomic E-state index is 12.5. The Morgan fingerprint density at radius 3 is 2.56 bits per heavy atom. The molecule has 2 rings (SSSR count). The molecule has 1 aromatic heterocycles. The largest absolute Gasteiger partial charge is 0.410 e. The molecule has 2 N–H and O–H groups in total. The van der Waals surface area contributed by atoms with E-state index in [9.17, 15) is 18.0 Å². The van der Waals surface area contributed by atoms with E-state index in [1.807, 2.05) is 5.43 Å². The van der Waals surface area contributed by atoms with Gasteiger partial charge in [-0.1, -0.05) is 0 Å². The molecule has 1 unspecified atom stereocenters. The van der Waals surface area contributed by atoms with Crippen molar-refractivity contribution in [2.24, 2.45) is 5.10 Å². The zero-order valence-corrected chi connectivity index (χ0v) is 9.85. The number of hydrogen-bond donors (Lipinski definition) is 2. The normalized spacial score (nSPS) is 19.6. The van der Waals surface area contributed by atoms with Crippen LogP contribution in [0.3, 0.4) is 0 Å². The Morgan fingerprint density at radius 2 is 2.06 bits per heavy atom. The standard InChI is InChI=1S/C11H12F3N3O/c1-5-3-6(2)15-10(18)9(5)7-4-8(17-16-7)11(12,13)14/h3,8,17H,4H2,1-2H3,(H,15,18). The SMILES string of the molecule is Cc1cc(C)c(C2=NNC(C(F)(F)F)C2)c(=O)[nH]1. The molecule has 1 atom stereocenters. The molecule has 18 heavy (non-hydrogen) atoms. The zero-order valence-electron chi connectivity index (χ0n) is 9.85. The first-order chi connectivity index (χ1) is 8.29. The molecule has 0 radical (unpaired) electrons. The molecule has 1 aromatic rings. The van der Waals surface area contributed by atoms with E-state index in [2.05, 4.69) is 10.1 Å². The van der Waals surface area contributed by atoms with Crippen LogP contribution in [0.1, 0.15) is 23.2 Å². The number of nitrogens with zero attached hydrogens (tertiary/aromatic N) is 1. The van der Waals surface area contributed by atoms with Crippen molar-refractivity contribution < 1.29 is 13.2 Å². The fourth-order valence-electron chi connectivity index (χ4n) is 2.00. The maximum Gasteiger partial charge on any atom is 0.410 e. The second-order valence-electron chi connectivity index (χ2n) is 4.33. The van der Waals surface area contributed by atoms with Gasteiger partial charge in [-0.15, -0.1) is 0 Å². The van der Waals surface area contributed by atoms with Crippen LogP contribution < -0.4 is 11.0 Å². The van der Waals surface area contributed by atoms with Gasteiger partial charge in [-0.2, -0.15) is 18.3 Å². The summed E-state index contributed by atoms with van der Waals surface area (Å²) in [5.41, 5.74) is 3.28. The Bertz CT molecular complexity index is 560.